The van der Waals surface area contributed by atoms with Gasteiger partial charge in [0.2, 0.25) is 0 Å². The highest BCUT2D eigenvalue weighted by atomic mass is 28.4. The van der Waals surface area contributed by atoms with Gasteiger partial charge in [-0.1, -0.05) is 118 Å². The Labute approximate surface area is 161 Å². The molecule has 0 aliphatic rings. The molecule has 0 atom stereocenters. The van der Waals surface area contributed by atoms with Crippen LogP contribution in [0.2, 0.25) is 18.1 Å². The minimum atomic E-state index is -1.32. The topological polar surface area (TPSA) is 9.23 Å². The lowest BCUT2D eigenvalue weighted by molar-refractivity contribution is 0.287. The number of unbranched alkanes of at least 4 members (excludes halogenated alkanes) is 14. The third-order valence-electron chi connectivity index (χ3n) is 6.09. The number of hydrogen-bond acceptors (Lipinski definition) is 1. The van der Waals surface area contributed by atoms with E-state index in [-0.39, 0.29) is 0 Å². The Morgan fingerprint density at radius 1 is 0.440 bits per heavy atom. The van der Waals surface area contributed by atoms with Crippen molar-refractivity contribution in [3.63, 3.8) is 0 Å². The highest BCUT2D eigenvalue weighted by Crippen LogP contribution is 2.22. The molecule has 0 amide bonds. The molecule has 0 aliphatic heterocycles. The smallest absolute Gasteiger partial charge is 0.191 e. The summed E-state index contributed by atoms with van der Waals surface area (Å²) in [5.74, 6) is 0. The fraction of sp³-hybridized carbons (Fsp3) is 1.00. The van der Waals surface area contributed by atoms with Crippen molar-refractivity contribution in [3.05, 3.63) is 0 Å². The van der Waals surface area contributed by atoms with Crippen LogP contribution in [0.15, 0.2) is 0 Å². The first kappa shape index (κ1) is 25.2. The van der Waals surface area contributed by atoms with E-state index in [1.165, 1.54) is 114 Å². The van der Waals surface area contributed by atoms with Gasteiger partial charge in [0.1, 0.15) is 0 Å². The highest BCUT2D eigenvalue weighted by Gasteiger charge is 2.27. The minimum absolute atomic E-state index is 1.03. The van der Waals surface area contributed by atoms with E-state index < -0.39 is 8.32 Å². The van der Waals surface area contributed by atoms with Crippen molar-refractivity contribution in [1.82, 2.24) is 0 Å². The van der Waals surface area contributed by atoms with Gasteiger partial charge in [0.05, 0.1) is 0 Å². The van der Waals surface area contributed by atoms with Crippen molar-refractivity contribution < 1.29 is 4.43 Å². The molecule has 0 saturated carbocycles. The van der Waals surface area contributed by atoms with Crippen LogP contribution in [0.25, 0.3) is 0 Å². The average Bonchev–Trinajstić information content (AvgIpc) is 2.65. The van der Waals surface area contributed by atoms with E-state index >= 15 is 0 Å². The van der Waals surface area contributed by atoms with E-state index in [1.807, 2.05) is 0 Å². The van der Waals surface area contributed by atoms with Crippen LogP contribution >= 0.6 is 0 Å². The van der Waals surface area contributed by atoms with E-state index in [4.69, 9.17) is 4.43 Å². The predicted molar refractivity (Wildman–Crippen MR) is 118 cm³/mol. The van der Waals surface area contributed by atoms with Crippen LogP contribution in [0.4, 0.5) is 0 Å². The fourth-order valence-electron chi connectivity index (χ4n) is 3.82. The van der Waals surface area contributed by atoms with E-state index in [0.717, 1.165) is 6.61 Å². The maximum atomic E-state index is 6.33. The van der Waals surface area contributed by atoms with Crippen LogP contribution in [0.3, 0.4) is 0 Å². The lowest BCUT2D eigenvalue weighted by Gasteiger charge is -2.27. The largest absolute Gasteiger partial charge is 0.417 e. The molecule has 0 aliphatic carbocycles. The Kier molecular flexibility index (Phi) is 19.1. The molecule has 0 rings (SSSR count). The second kappa shape index (κ2) is 19.0. The van der Waals surface area contributed by atoms with Gasteiger partial charge < -0.3 is 4.43 Å². The molecule has 0 bridgehead atoms. The van der Waals surface area contributed by atoms with E-state index in [2.05, 4.69) is 27.7 Å². The summed E-state index contributed by atoms with van der Waals surface area (Å²) in [5, 5.41) is 0. The Morgan fingerprint density at radius 3 is 1.08 bits per heavy atom. The maximum Gasteiger partial charge on any atom is 0.191 e. The van der Waals surface area contributed by atoms with Crippen molar-refractivity contribution in [2.75, 3.05) is 6.61 Å². The normalized spacial score (nSPS) is 12.0. The quantitative estimate of drug-likeness (QED) is 0.153. The zero-order valence-corrected chi connectivity index (χ0v) is 19.3. The molecule has 0 N–H and O–H groups in total. The van der Waals surface area contributed by atoms with Crippen LogP contribution in [0.5, 0.6) is 0 Å². The van der Waals surface area contributed by atoms with E-state index in [9.17, 15) is 0 Å². The van der Waals surface area contributed by atoms with Crippen molar-refractivity contribution >= 4 is 8.32 Å². The molecule has 0 aromatic rings. The first-order valence-corrected chi connectivity index (χ1v) is 14.4. The fourth-order valence-corrected chi connectivity index (χ4v) is 6.51. The molecule has 0 fully saturated rings. The molecular formula is C23H50OSi. The molecule has 2 heteroatoms. The summed E-state index contributed by atoms with van der Waals surface area (Å²) in [6, 6.07) is 3.87. The van der Waals surface area contributed by atoms with Gasteiger partial charge in [0, 0.05) is 6.61 Å². The molecule has 0 spiro atoms. The summed E-state index contributed by atoms with van der Waals surface area (Å²) in [7, 11) is -1.32. The van der Waals surface area contributed by atoms with Crippen molar-refractivity contribution in [1.29, 1.82) is 0 Å². The molecule has 0 saturated heterocycles. The van der Waals surface area contributed by atoms with Gasteiger partial charge in [-0.15, -0.1) is 0 Å². The van der Waals surface area contributed by atoms with Crippen LogP contribution in [-0.4, -0.2) is 14.9 Å². The van der Waals surface area contributed by atoms with Crippen molar-refractivity contribution in [2.45, 2.75) is 142 Å². The second-order valence-corrected chi connectivity index (χ2v) is 12.8. The van der Waals surface area contributed by atoms with Gasteiger partial charge in [-0.3, -0.25) is 0 Å². The summed E-state index contributed by atoms with van der Waals surface area (Å²) < 4.78 is 6.33. The number of rotatable bonds is 20. The Balaban J connectivity index is 3.21. The lowest BCUT2D eigenvalue weighted by Crippen LogP contribution is -2.36. The molecule has 0 aromatic carbocycles. The van der Waals surface area contributed by atoms with Crippen LogP contribution in [0, 0.1) is 0 Å². The molecule has 25 heavy (non-hydrogen) atoms. The second-order valence-electron chi connectivity index (χ2n) is 8.04. The zero-order valence-electron chi connectivity index (χ0n) is 18.3. The standard InChI is InChI=1S/C23H50OSi/c1-5-9-10-11-12-13-14-15-16-17-18-19-20-21-22-23-24-25(6-2,7-3)8-4/h5-23H2,1-4H3. The van der Waals surface area contributed by atoms with Crippen LogP contribution in [-0.2, 0) is 4.43 Å². The summed E-state index contributed by atoms with van der Waals surface area (Å²) in [6.45, 7) is 10.3. The third kappa shape index (κ3) is 15.0. The molecule has 0 unspecified atom stereocenters. The van der Waals surface area contributed by atoms with E-state index in [0.29, 0.717) is 0 Å². The van der Waals surface area contributed by atoms with Gasteiger partial charge >= 0.3 is 0 Å². The average molecular weight is 371 g/mol. The first-order valence-electron chi connectivity index (χ1n) is 11.9. The molecular weight excluding hydrogens is 320 g/mol. The SMILES string of the molecule is CCCCCCCCCCCCCCCCCO[Si](CC)(CC)CC. The summed E-state index contributed by atoms with van der Waals surface area (Å²) in [4.78, 5) is 0. The van der Waals surface area contributed by atoms with Crippen molar-refractivity contribution in [3.8, 4) is 0 Å². The first-order chi connectivity index (χ1) is 12.2. The predicted octanol–water partition coefficient (Wildman–Crippen LogP) is 8.88. The van der Waals surface area contributed by atoms with Crippen molar-refractivity contribution in [2.24, 2.45) is 0 Å². The van der Waals surface area contributed by atoms with Gasteiger partial charge in [0.25, 0.3) is 0 Å². The molecule has 0 aromatic heterocycles. The van der Waals surface area contributed by atoms with Gasteiger partial charge in [-0.05, 0) is 24.6 Å². The Morgan fingerprint density at radius 2 is 0.760 bits per heavy atom. The minimum Gasteiger partial charge on any atom is -0.417 e. The lowest BCUT2D eigenvalue weighted by atomic mass is 10.0. The van der Waals surface area contributed by atoms with Gasteiger partial charge in [-0.25, -0.2) is 0 Å². The Bertz CT molecular complexity index is 242. The molecule has 0 heterocycles. The third-order valence-corrected chi connectivity index (χ3v) is 10.8. The zero-order chi connectivity index (χ0) is 18.6. The maximum absolute atomic E-state index is 6.33. The highest BCUT2D eigenvalue weighted by molar-refractivity contribution is 6.73. The van der Waals surface area contributed by atoms with E-state index in [1.54, 1.807) is 0 Å². The Hall–Kier alpha value is 0.177. The molecule has 1 nitrogen and oxygen atoms in total. The molecule has 152 valence electrons. The van der Waals surface area contributed by atoms with Gasteiger partial charge in [0.15, 0.2) is 8.32 Å². The van der Waals surface area contributed by atoms with Crippen LogP contribution in [0.1, 0.15) is 124 Å². The summed E-state index contributed by atoms with van der Waals surface area (Å²) in [6.07, 6.45) is 21.5. The monoisotopic (exact) mass is 370 g/mol. The van der Waals surface area contributed by atoms with Gasteiger partial charge in [-0.2, -0.15) is 0 Å². The number of hydrogen-bond donors (Lipinski definition) is 0. The summed E-state index contributed by atoms with van der Waals surface area (Å²) in [5.41, 5.74) is 0. The molecule has 0 radical (unpaired) electrons. The van der Waals surface area contributed by atoms with Crippen LogP contribution < -0.4 is 0 Å². The summed E-state index contributed by atoms with van der Waals surface area (Å²) >= 11 is 0.